The van der Waals surface area contributed by atoms with Gasteiger partial charge in [0.2, 0.25) is 11.8 Å². The van der Waals surface area contributed by atoms with Crippen LogP contribution in [0.1, 0.15) is 43.0 Å². The van der Waals surface area contributed by atoms with Gasteiger partial charge in [-0.25, -0.2) is 4.79 Å². The maximum Gasteiger partial charge on any atom is 0.341 e. The molecule has 1 atom stereocenters. The number of hydrogen-bond acceptors (Lipinski definition) is 5. The third-order valence-electron chi connectivity index (χ3n) is 3.56. The van der Waals surface area contributed by atoms with Crippen molar-refractivity contribution in [2.45, 2.75) is 38.6 Å². The smallest absolute Gasteiger partial charge is 0.341 e. The van der Waals surface area contributed by atoms with E-state index in [2.05, 4.69) is 10.6 Å². The summed E-state index contributed by atoms with van der Waals surface area (Å²) in [6, 6.07) is 3.55. The fourth-order valence-electron chi connectivity index (χ4n) is 2.38. The van der Waals surface area contributed by atoms with Crippen LogP contribution in [0.2, 0.25) is 0 Å². The minimum absolute atomic E-state index is 0.0189. The van der Waals surface area contributed by atoms with Crippen LogP contribution in [-0.2, 0) is 14.3 Å². The number of amides is 2. The van der Waals surface area contributed by atoms with Crippen molar-refractivity contribution in [2.24, 2.45) is 0 Å². The molecule has 0 unspecified atom stereocenters. The Bertz CT molecular complexity index is 614. The van der Waals surface area contributed by atoms with Crippen LogP contribution in [0.25, 0.3) is 0 Å². The van der Waals surface area contributed by atoms with Gasteiger partial charge in [-0.05, 0) is 38.0 Å². The molecule has 2 rings (SSSR count). The van der Waals surface area contributed by atoms with E-state index in [0.29, 0.717) is 18.5 Å². The number of nitrogens with one attached hydrogen (secondary N) is 2. The normalized spacial score (nSPS) is 17.8. The quantitative estimate of drug-likeness (QED) is 0.577. The molecule has 1 aliphatic rings. The molecule has 0 aliphatic carbocycles. The number of carbonyl (C=O) groups is 3. The van der Waals surface area contributed by atoms with Crippen LogP contribution in [0.3, 0.4) is 0 Å². The van der Waals surface area contributed by atoms with Crippen LogP contribution in [0.5, 0.6) is 5.75 Å². The molecule has 2 amide bonds. The summed E-state index contributed by atoms with van der Waals surface area (Å²) in [5.74, 6) is -1.37. The van der Waals surface area contributed by atoms with Gasteiger partial charge in [0.05, 0.1) is 6.61 Å². The first-order chi connectivity index (χ1) is 11.0. The van der Waals surface area contributed by atoms with Crippen molar-refractivity contribution in [3.05, 3.63) is 23.8 Å². The molecule has 0 saturated carbocycles. The molecule has 1 heterocycles. The lowest BCUT2D eigenvalue weighted by Crippen LogP contribution is -2.42. The Morgan fingerprint density at radius 3 is 2.91 bits per heavy atom. The number of esters is 1. The molecule has 0 spiro atoms. The Kier molecular flexibility index (Phi) is 5.56. The molecule has 1 aromatic rings. The van der Waals surface area contributed by atoms with Crippen molar-refractivity contribution >= 4 is 23.5 Å². The Labute approximate surface area is 134 Å². The van der Waals surface area contributed by atoms with Crippen molar-refractivity contribution < 1.29 is 24.2 Å². The molecule has 1 saturated heterocycles. The van der Waals surface area contributed by atoms with Crippen molar-refractivity contribution in [3.8, 4) is 5.75 Å². The van der Waals surface area contributed by atoms with Gasteiger partial charge in [0, 0.05) is 12.1 Å². The van der Waals surface area contributed by atoms with Crippen molar-refractivity contribution in [2.75, 3.05) is 11.9 Å². The van der Waals surface area contributed by atoms with Crippen LogP contribution in [-0.4, -0.2) is 35.5 Å². The first-order valence-corrected chi connectivity index (χ1v) is 7.61. The van der Waals surface area contributed by atoms with Crippen LogP contribution in [0.4, 0.5) is 5.69 Å². The first-order valence-electron chi connectivity index (χ1n) is 7.61. The Morgan fingerprint density at radius 2 is 2.17 bits per heavy atom. The summed E-state index contributed by atoms with van der Waals surface area (Å²) in [6.07, 6.45) is 2.55. The largest absolute Gasteiger partial charge is 0.507 e. The lowest BCUT2D eigenvalue weighted by atomic mass is 10.1. The van der Waals surface area contributed by atoms with Crippen molar-refractivity contribution in [1.82, 2.24) is 5.32 Å². The fourth-order valence-corrected chi connectivity index (χ4v) is 2.38. The zero-order valence-corrected chi connectivity index (χ0v) is 12.9. The number of ether oxygens (including phenoxy) is 1. The monoisotopic (exact) mass is 320 g/mol. The van der Waals surface area contributed by atoms with Gasteiger partial charge >= 0.3 is 5.97 Å². The predicted molar refractivity (Wildman–Crippen MR) is 83.1 cm³/mol. The molecule has 0 bridgehead atoms. The van der Waals surface area contributed by atoms with Crippen molar-refractivity contribution in [3.63, 3.8) is 0 Å². The number of anilines is 1. The summed E-state index contributed by atoms with van der Waals surface area (Å²) in [6.45, 7) is 1.85. The molecule has 0 radical (unpaired) electrons. The lowest BCUT2D eigenvalue weighted by molar-refractivity contribution is -0.125. The third kappa shape index (κ3) is 4.45. The highest BCUT2D eigenvalue weighted by Gasteiger charge is 2.23. The summed E-state index contributed by atoms with van der Waals surface area (Å²) < 4.78 is 4.85. The number of hydrogen-bond donors (Lipinski definition) is 3. The van der Waals surface area contributed by atoms with E-state index in [-0.39, 0.29) is 29.7 Å². The third-order valence-corrected chi connectivity index (χ3v) is 3.56. The van der Waals surface area contributed by atoms with Gasteiger partial charge in [0.25, 0.3) is 0 Å². The second-order valence-corrected chi connectivity index (χ2v) is 5.31. The second kappa shape index (κ2) is 7.62. The second-order valence-electron chi connectivity index (χ2n) is 5.31. The number of phenolic OH excluding ortho intramolecular Hbond substituents is 1. The van der Waals surface area contributed by atoms with Gasteiger partial charge in [-0.1, -0.05) is 6.42 Å². The Balaban J connectivity index is 2.10. The first kappa shape index (κ1) is 16.8. The van der Waals surface area contributed by atoms with Gasteiger partial charge in [0.15, 0.2) is 0 Å². The minimum Gasteiger partial charge on any atom is -0.507 e. The maximum absolute atomic E-state index is 12.3. The molecular formula is C16H20N2O5. The number of aromatic hydroxyl groups is 1. The van der Waals surface area contributed by atoms with Crippen LogP contribution >= 0.6 is 0 Å². The van der Waals surface area contributed by atoms with Gasteiger partial charge in [-0.2, -0.15) is 0 Å². The van der Waals surface area contributed by atoms with Crippen molar-refractivity contribution in [1.29, 1.82) is 0 Å². The van der Waals surface area contributed by atoms with E-state index in [0.717, 1.165) is 12.8 Å². The van der Waals surface area contributed by atoms with E-state index in [9.17, 15) is 19.5 Å². The predicted octanol–water partition coefficient (Wildman–Crippen LogP) is 1.57. The topological polar surface area (TPSA) is 105 Å². The molecular weight excluding hydrogens is 300 g/mol. The summed E-state index contributed by atoms with van der Waals surface area (Å²) in [7, 11) is 0. The van der Waals surface area contributed by atoms with E-state index in [1.807, 2.05) is 0 Å². The molecule has 7 heteroatoms. The zero-order chi connectivity index (χ0) is 16.8. The van der Waals surface area contributed by atoms with Crippen LogP contribution < -0.4 is 10.6 Å². The van der Waals surface area contributed by atoms with E-state index in [1.54, 1.807) is 6.92 Å². The lowest BCUT2D eigenvalue weighted by Gasteiger charge is -2.16. The van der Waals surface area contributed by atoms with Gasteiger partial charge in [0.1, 0.15) is 17.4 Å². The van der Waals surface area contributed by atoms with E-state index >= 15 is 0 Å². The Hall–Kier alpha value is -2.57. The van der Waals surface area contributed by atoms with E-state index in [1.165, 1.54) is 18.2 Å². The Morgan fingerprint density at radius 1 is 1.39 bits per heavy atom. The average molecular weight is 320 g/mol. The molecule has 1 aliphatic heterocycles. The van der Waals surface area contributed by atoms with E-state index < -0.39 is 12.0 Å². The maximum atomic E-state index is 12.3. The number of phenols is 1. The van der Waals surface area contributed by atoms with E-state index in [4.69, 9.17) is 4.74 Å². The highest BCUT2D eigenvalue weighted by atomic mass is 16.5. The number of benzene rings is 1. The van der Waals surface area contributed by atoms with Crippen LogP contribution in [0.15, 0.2) is 18.2 Å². The highest BCUT2D eigenvalue weighted by molar-refractivity contribution is 5.99. The SMILES string of the molecule is CCOC(=O)c1cc(NC(=O)[C@H]2CCCCC(=O)N2)ccc1O. The van der Waals surface area contributed by atoms with Gasteiger partial charge < -0.3 is 20.5 Å². The molecule has 0 aromatic heterocycles. The fraction of sp³-hybridized carbons (Fsp3) is 0.438. The zero-order valence-electron chi connectivity index (χ0n) is 12.9. The van der Waals surface area contributed by atoms with Crippen LogP contribution in [0, 0.1) is 0 Å². The minimum atomic E-state index is -0.663. The summed E-state index contributed by atoms with van der Waals surface area (Å²) in [5.41, 5.74) is 0.337. The molecule has 3 N–H and O–H groups in total. The molecule has 124 valence electrons. The molecule has 7 nitrogen and oxygen atoms in total. The summed E-state index contributed by atoms with van der Waals surface area (Å²) in [5, 5.41) is 15.0. The number of carbonyl (C=O) groups excluding carboxylic acids is 3. The molecule has 1 fully saturated rings. The average Bonchev–Trinajstić information content (AvgIpc) is 2.74. The van der Waals surface area contributed by atoms with Gasteiger partial charge in [-0.3, -0.25) is 9.59 Å². The summed E-state index contributed by atoms with van der Waals surface area (Å²) >= 11 is 0. The molecule has 23 heavy (non-hydrogen) atoms. The number of rotatable bonds is 4. The standard InChI is InChI=1S/C16H20N2O5/c1-2-23-16(22)11-9-10(7-8-13(11)19)17-15(21)12-5-3-4-6-14(20)18-12/h7-9,12,19H,2-6H2,1H3,(H,17,21)(H,18,20)/t12-/m1/s1. The highest BCUT2D eigenvalue weighted by Crippen LogP contribution is 2.23. The molecule has 1 aromatic carbocycles. The summed E-state index contributed by atoms with van der Waals surface area (Å²) in [4.78, 5) is 35.5. The van der Waals surface area contributed by atoms with Gasteiger partial charge in [-0.15, -0.1) is 0 Å².